The molecular weight excluding hydrogens is 302 g/mol. The number of amidine groups is 1. The van der Waals surface area contributed by atoms with E-state index in [2.05, 4.69) is 44.4 Å². The van der Waals surface area contributed by atoms with E-state index < -0.39 is 0 Å². The minimum Gasteiger partial charge on any atom is -0.409 e. The van der Waals surface area contributed by atoms with E-state index >= 15 is 0 Å². The molecule has 0 aliphatic rings. The summed E-state index contributed by atoms with van der Waals surface area (Å²) in [5.74, 6) is 0.346. The minimum atomic E-state index is 0.0587. The third-order valence-electron chi connectivity index (χ3n) is 2.60. The molecule has 0 aliphatic heterocycles. The van der Waals surface area contributed by atoms with Crippen molar-refractivity contribution in [1.29, 1.82) is 0 Å². The summed E-state index contributed by atoms with van der Waals surface area (Å²) in [6.07, 6.45) is 0. The summed E-state index contributed by atoms with van der Waals surface area (Å²) in [5, 5.41) is 13.8. The SMILES string of the molecule is CCN(Cc1cc(Br)cs1)CC(C)C(N)=NO. The molecule has 1 heterocycles. The summed E-state index contributed by atoms with van der Waals surface area (Å²) in [4.78, 5) is 3.59. The van der Waals surface area contributed by atoms with E-state index in [1.54, 1.807) is 11.3 Å². The molecule has 3 N–H and O–H groups in total. The maximum Gasteiger partial charge on any atom is 0.143 e. The highest BCUT2D eigenvalue weighted by atomic mass is 79.9. The normalized spacial score (nSPS) is 14.2. The van der Waals surface area contributed by atoms with E-state index in [9.17, 15) is 0 Å². The lowest BCUT2D eigenvalue weighted by Crippen LogP contribution is -2.34. The number of hydrogen-bond acceptors (Lipinski definition) is 4. The molecule has 1 atom stereocenters. The van der Waals surface area contributed by atoms with Crippen molar-refractivity contribution >= 4 is 33.1 Å². The van der Waals surface area contributed by atoms with Crippen LogP contribution in [-0.2, 0) is 6.54 Å². The molecule has 17 heavy (non-hydrogen) atoms. The van der Waals surface area contributed by atoms with Gasteiger partial charge in [0.15, 0.2) is 0 Å². The molecule has 0 fully saturated rings. The fraction of sp³-hybridized carbons (Fsp3) is 0.545. The molecule has 1 rings (SSSR count). The molecule has 0 amide bonds. The maximum atomic E-state index is 8.62. The average molecular weight is 320 g/mol. The lowest BCUT2D eigenvalue weighted by molar-refractivity contribution is 0.259. The van der Waals surface area contributed by atoms with Gasteiger partial charge in [-0.15, -0.1) is 11.3 Å². The molecule has 0 radical (unpaired) electrons. The van der Waals surface area contributed by atoms with Crippen molar-refractivity contribution in [2.75, 3.05) is 13.1 Å². The van der Waals surface area contributed by atoms with Crippen LogP contribution >= 0.6 is 27.3 Å². The van der Waals surface area contributed by atoms with Gasteiger partial charge in [0.1, 0.15) is 5.84 Å². The molecule has 4 nitrogen and oxygen atoms in total. The van der Waals surface area contributed by atoms with Crippen LogP contribution in [0.1, 0.15) is 18.7 Å². The summed E-state index contributed by atoms with van der Waals surface area (Å²) in [6.45, 7) is 6.71. The highest BCUT2D eigenvalue weighted by molar-refractivity contribution is 9.10. The molecule has 0 saturated heterocycles. The van der Waals surface area contributed by atoms with Gasteiger partial charge < -0.3 is 10.9 Å². The first-order chi connectivity index (χ1) is 8.06. The number of nitrogens with zero attached hydrogens (tertiary/aromatic N) is 2. The van der Waals surface area contributed by atoms with E-state index in [0.717, 1.165) is 24.1 Å². The second kappa shape index (κ2) is 6.98. The van der Waals surface area contributed by atoms with Crippen LogP contribution < -0.4 is 5.73 Å². The smallest absolute Gasteiger partial charge is 0.143 e. The van der Waals surface area contributed by atoms with Gasteiger partial charge in [0.2, 0.25) is 0 Å². The Kier molecular flexibility index (Phi) is 5.94. The van der Waals surface area contributed by atoms with Crippen LogP contribution in [0.4, 0.5) is 0 Å². The number of rotatable bonds is 6. The Hall–Kier alpha value is -0.590. The molecule has 1 unspecified atom stereocenters. The Morgan fingerprint density at radius 3 is 2.88 bits per heavy atom. The zero-order valence-electron chi connectivity index (χ0n) is 10.1. The van der Waals surface area contributed by atoms with E-state index in [-0.39, 0.29) is 11.8 Å². The van der Waals surface area contributed by atoms with Crippen LogP contribution in [-0.4, -0.2) is 29.0 Å². The largest absolute Gasteiger partial charge is 0.409 e. The number of oxime groups is 1. The van der Waals surface area contributed by atoms with Gasteiger partial charge in [-0.2, -0.15) is 0 Å². The monoisotopic (exact) mass is 319 g/mol. The predicted octanol–water partition coefficient (Wildman–Crippen LogP) is 2.71. The highest BCUT2D eigenvalue weighted by Gasteiger charge is 2.13. The van der Waals surface area contributed by atoms with E-state index in [0.29, 0.717) is 0 Å². The molecule has 0 bridgehead atoms. The van der Waals surface area contributed by atoms with Gasteiger partial charge >= 0.3 is 0 Å². The Bertz CT molecular complexity index is 381. The lowest BCUT2D eigenvalue weighted by atomic mass is 10.1. The van der Waals surface area contributed by atoms with Gasteiger partial charge in [-0.3, -0.25) is 4.90 Å². The zero-order chi connectivity index (χ0) is 12.8. The van der Waals surface area contributed by atoms with E-state index in [1.807, 2.05) is 6.92 Å². The number of hydrogen-bond donors (Lipinski definition) is 2. The zero-order valence-corrected chi connectivity index (χ0v) is 12.5. The molecule has 1 aromatic heterocycles. The average Bonchev–Trinajstić information content (AvgIpc) is 2.72. The third-order valence-corrected chi connectivity index (χ3v) is 4.28. The standard InChI is InChI=1S/C11H18BrN3OS/c1-3-15(5-8(2)11(13)14-16)6-10-4-9(12)7-17-10/h4,7-8,16H,3,5-6H2,1-2H3,(H2,13,14). The molecule has 0 spiro atoms. The van der Waals surface area contributed by atoms with Crippen LogP contribution in [0.25, 0.3) is 0 Å². The predicted molar refractivity (Wildman–Crippen MR) is 75.5 cm³/mol. The summed E-state index contributed by atoms with van der Waals surface area (Å²) >= 11 is 5.18. The van der Waals surface area contributed by atoms with Gasteiger partial charge in [-0.25, -0.2) is 0 Å². The van der Waals surface area contributed by atoms with Gasteiger partial charge in [-0.1, -0.05) is 19.0 Å². The minimum absolute atomic E-state index is 0.0587. The second-order valence-electron chi connectivity index (χ2n) is 3.98. The van der Waals surface area contributed by atoms with Crippen LogP contribution in [0, 0.1) is 5.92 Å². The van der Waals surface area contributed by atoms with Crippen molar-refractivity contribution in [3.63, 3.8) is 0 Å². The lowest BCUT2D eigenvalue weighted by Gasteiger charge is -2.22. The first-order valence-electron chi connectivity index (χ1n) is 5.49. The summed E-state index contributed by atoms with van der Waals surface area (Å²) in [6, 6.07) is 2.13. The maximum absolute atomic E-state index is 8.62. The second-order valence-corrected chi connectivity index (χ2v) is 5.90. The molecule has 0 aliphatic carbocycles. The van der Waals surface area contributed by atoms with Crippen LogP contribution in [0.2, 0.25) is 0 Å². The van der Waals surface area contributed by atoms with Crippen LogP contribution in [0.15, 0.2) is 21.1 Å². The van der Waals surface area contributed by atoms with Gasteiger partial charge in [0.05, 0.1) is 0 Å². The van der Waals surface area contributed by atoms with Gasteiger partial charge in [0, 0.05) is 33.7 Å². The summed E-state index contributed by atoms with van der Waals surface area (Å²) in [5.41, 5.74) is 5.59. The van der Waals surface area contributed by atoms with E-state index in [1.165, 1.54) is 4.88 Å². The molecule has 1 aromatic rings. The summed E-state index contributed by atoms with van der Waals surface area (Å²) < 4.78 is 1.12. The molecule has 6 heteroatoms. The fourth-order valence-corrected chi connectivity index (χ4v) is 3.03. The number of nitrogens with two attached hydrogens (primary N) is 1. The van der Waals surface area contributed by atoms with Crippen molar-refractivity contribution in [1.82, 2.24) is 4.90 Å². The van der Waals surface area contributed by atoms with Crippen molar-refractivity contribution in [2.45, 2.75) is 20.4 Å². The Balaban J connectivity index is 2.54. The molecular formula is C11H18BrN3OS. The van der Waals surface area contributed by atoms with Crippen molar-refractivity contribution in [2.24, 2.45) is 16.8 Å². The molecule has 0 saturated carbocycles. The summed E-state index contributed by atoms with van der Waals surface area (Å²) in [7, 11) is 0. The topological polar surface area (TPSA) is 61.8 Å². The van der Waals surface area contributed by atoms with Crippen molar-refractivity contribution in [3.8, 4) is 0 Å². The molecule has 0 aromatic carbocycles. The highest BCUT2D eigenvalue weighted by Crippen LogP contribution is 2.21. The van der Waals surface area contributed by atoms with Gasteiger partial charge in [-0.05, 0) is 28.5 Å². The first kappa shape index (κ1) is 14.5. The Morgan fingerprint density at radius 1 is 1.71 bits per heavy atom. The fourth-order valence-electron chi connectivity index (χ4n) is 1.54. The first-order valence-corrected chi connectivity index (χ1v) is 7.16. The third kappa shape index (κ3) is 4.65. The van der Waals surface area contributed by atoms with Crippen LogP contribution in [0.3, 0.4) is 0 Å². The van der Waals surface area contributed by atoms with Gasteiger partial charge in [0.25, 0.3) is 0 Å². The Morgan fingerprint density at radius 2 is 2.41 bits per heavy atom. The quantitative estimate of drug-likeness (QED) is 0.367. The van der Waals surface area contributed by atoms with E-state index in [4.69, 9.17) is 10.9 Å². The molecule has 96 valence electrons. The van der Waals surface area contributed by atoms with Crippen molar-refractivity contribution < 1.29 is 5.21 Å². The number of halogens is 1. The van der Waals surface area contributed by atoms with Crippen LogP contribution in [0.5, 0.6) is 0 Å². The Labute approximate surface area is 114 Å². The van der Waals surface area contributed by atoms with Crippen molar-refractivity contribution in [3.05, 3.63) is 20.8 Å². The number of thiophene rings is 1.